The number of carbonyl (C=O) groups is 3. The van der Waals surface area contributed by atoms with Crippen molar-refractivity contribution >= 4 is 40.7 Å². The highest BCUT2D eigenvalue weighted by atomic mass is 127. The van der Waals surface area contributed by atoms with Gasteiger partial charge < -0.3 is 34.6 Å². The van der Waals surface area contributed by atoms with Crippen LogP contribution in [0.1, 0.15) is 48.0 Å². The molecule has 0 radical (unpaired) electrons. The molecule has 3 N–H and O–H groups in total. The number of nitrogens with zero attached hydrogens (tertiary/aromatic N) is 1. The van der Waals surface area contributed by atoms with Crippen LogP contribution in [0.4, 0.5) is 0 Å². The van der Waals surface area contributed by atoms with E-state index in [2.05, 4.69) is 5.32 Å². The Hall–Kier alpha value is -3.16. The zero-order valence-corrected chi connectivity index (χ0v) is 26.6. The molecule has 0 aromatic heterocycles. The van der Waals surface area contributed by atoms with E-state index < -0.39 is 24.2 Å². The maximum Gasteiger partial charge on any atom is 0.247 e. The van der Waals surface area contributed by atoms with Gasteiger partial charge in [0.1, 0.15) is 24.2 Å². The molecule has 0 saturated heterocycles. The second-order valence-corrected chi connectivity index (χ2v) is 11.9. The average molecular weight is 707 g/mol. The minimum Gasteiger partial charge on any atom is -0.496 e. The Bertz CT molecular complexity index is 1330. The summed E-state index contributed by atoms with van der Waals surface area (Å²) in [7, 11) is 3.06. The number of aliphatic hydroxyl groups excluding tert-OH is 2. The van der Waals surface area contributed by atoms with Gasteiger partial charge in [-0.1, -0.05) is 31.0 Å². The predicted octanol–water partition coefficient (Wildman–Crippen LogP) is 3.30. The molecule has 0 spiro atoms. The van der Waals surface area contributed by atoms with E-state index in [1.807, 2.05) is 46.9 Å². The first-order chi connectivity index (χ1) is 20.8. The number of carbonyl (C=O) groups excluding carboxylic acids is 3. The molecule has 0 heterocycles. The molecule has 232 valence electrons. The van der Waals surface area contributed by atoms with E-state index in [-0.39, 0.29) is 31.4 Å². The molecule has 1 saturated carbocycles. The van der Waals surface area contributed by atoms with Crippen LogP contribution in [-0.4, -0.2) is 85.4 Å². The van der Waals surface area contributed by atoms with Crippen LogP contribution in [0.15, 0.2) is 48.0 Å². The number of amides is 2. The summed E-state index contributed by atoms with van der Waals surface area (Å²) in [6.45, 7) is 0.144. The van der Waals surface area contributed by atoms with Crippen LogP contribution in [0, 0.1) is 9.49 Å². The quantitative estimate of drug-likeness (QED) is 0.214. The smallest absolute Gasteiger partial charge is 0.247 e. The Morgan fingerprint density at radius 3 is 2.51 bits per heavy atom. The molecule has 2 aliphatic rings. The van der Waals surface area contributed by atoms with E-state index in [0.717, 1.165) is 31.2 Å². The minimum atomic E-state index is -1.18. The third-order valence-corrected chi connectivity index (χ3v) is 8.86. The SMILES string of the molecule is COc1ccccc1CCN(C(=O)C1CCCC1)C1CC(C(=O)NCCO)=CC(Oc2c(I)cc(C=O)cc2OC)C1O. The summed E-state index contributed by atoms with van der Waals surface area (Å²) in [6, 6.07) is 10.0. The normalized spacial score (nSPS) is 20.2. The van der Waals surface area contributed by atoms with Gasteiger partial charge in [0.25, 0.3) is 0 Å². The lowest BCUT2D eigenvalue weighted by Gasteiger charge is -2.41. The van der Waals surface area contributed by atoms with Crippen molar-refractivity contribution in [2.24, 2.45) is 5.92 Å². The molecule has 0 aliphatic heterocycles. The van der Waals surface area contributed by atoms with E-state index in [1.165, 1.54) is 7.11 Å². The fourth-order valence-corrected chi connectivity index (χ4v) is 6.59. The van der Waals surface area contributed by atoms with Crippen molar-refractivity contribution in [1.29, 1.82) is 0 Å². The van der Waals surface area contributed by atoms with Crippen LogP contribution >= 0.6 is 22.6 Å². The van der Waals surface area contributed by atoms with Crippen molar-refractivity contribution in [1.82, 2.24) is 10.2 Å². The van der Waals surface area contributed by atoms with Gasteiger partial charge in [0.15, 0.2) is 11.5 Å². The molecule has 11 heteroatoms. The summed E-state index contributed by atoms with van der Waals surface area (Å²) in [5.41, 5.74) is 1.67. The number of benzene rings is 2. The number of ether oxygens (including phenoxy) is 3. The lowest BCUT2D eigenvalue weighted by atomic mass is 9.87. The first-order valence-corrected chi connectivity index (χ1v) is 15.6. The second kappa shape index (κ2) is 15.5. The Morgan fingerprint density at radius 1 is 1.12 bits per heavy atom. The van der Waals surface area contributed by atoms with Crippen molar-refractivity contribution in [3.63, 3.8) is 0 Å². The maximum absolute atomic E-state index is 14.0. The zero-order valence-electron chi connectivity index (χ0n) is 24.5. The second-order valence-electron chi connectivity index (χ2n) is 10.7. The first-order valence-electron chi connectivity index (χ1n) is 14.5. The molecule has 2 aromatic carbocycles. The van der Waals surface area contributed by atoms with Gasteiger partial charge in [-0.3, -0.25) is 14.4 Å². The molecule has 4 rings (SSSR count). The van der Waals surface area contributed by atoms with Crippen LogP contribution in [0.25, 0.3) is 0 Å². The van der Waals surface area contributed by atoms with Crippen LogP contribution in [-0.2, 0) is 16.0 Å². The number of rotatable bonds is 13. The zero-order chi connectivity index (χ0) is 30.9. The van der Waals surface area contributed by atoms with Crippen LogP contribution in [0.2, 0.25) is 0 Å². The van der Waals surface area contributed by atoms with Gasteiger partial charge in [-0.25, -0.2) is 0 Å². The number of aliphatic hydroxyl groups is 2. The molecular weight excluding hydrogens is 667 g/mol. The van der Waals surface area contributed by atoms with E-state index in [0.29, 0.717) is 51.2 Å². The summed E-state index contributed by atoms with van der Waals surface area (Å²) in [4.78, 5) is 40.4. The van der Waals surface area contributed by atoms with Crippen LogP contribution < -0.4 is 19.5 Å². The fraction of sp³-hybridized carbons (Fsp3) is 0.469. The summed E-state index contributed by atoms with van der Waals surface area (Å²) in [5, 5.41) is 23.8. The standard InChI is InChI=1S/C32H39IN2O8/c1-41-26-10-6-5-7-21(26)11-13-35(32(40)22-8-3-4-9-22)25-17-23(31(39)34-12-14-36)18-27(29(25)38)43-30-24(33)15-20(19-37)16-28(30)42-2/h5-7,10,15-16,18-19,22,25,27,29,36,38H,3-4,8-9,11-14,17H2,1-2H3,(H,34,39). The van der Waals surface area contributed by atoms with Gasteiger partial charge in [-0.2, -0.15) is 0 Å². The highest BCUT2D eigenvalue weighted by Crippen LogP contribution is 2.38. The molecule has 3 atom stereocenters. The third-order valence-electron chi connectivity index (χ3n) is 8.06. The highest BCUT2D eigenvalue weighted by Gasteiger charge is 2.42. The maximum atomic E-state index is 14.0. The largest absolute Gasteiger partial charge is 0.496 e. The Kier molecular flexibility index (Phi) is 11.8. The Balaban J connectivity index is 1.71. The van der Waals surface area contributed by atoms with Gasteiger partial charge in [0.05, 0.1) is 30.4 Å². The lowest BCUT2D eigenvalue weighted by Crippen LogP contribution is -2.56. The van der Waals surface area contributed by atoms with Crippen molar-refractivity contribution < 1.29 is 38.8 Å². The Labute approximate surface area is 265 Å². The number of nitrogens with one attached hydrogen (secondary N) is 1. The third kappa shape index (κ3) is 7.87. The summed E-state index contributed by atoms with van der Waals surface area (Å²) < 4.78 is 17.9. The number of halogens is 1. The predicted molar refractivity (Wildman–Crippen MR) is 168 cm³/mol. The number of hydrogen-bond donors (Lipinski definition) is 3. The number of aldehydes is 1. The van der Waals surface area contributed by atoms with Crippen molar-refractivity contribution in [2.45, 2.75) is 56.8 Å². The van der Waals surface area contributed by atoms with E-state index in [1.54, 1.807) is 30.2 Å². The van der Waals surface area contributed by atoms with E-state index >= 15 is 0 Å². The van der Waals surface area contributed by atoms with Gasteiger partial charge in [-0.05, 0) is 71.7 Å². The lowest BCUT2D eigenvalue weighted by molar-refractivity contribution is -0.142. The van der Waals surface area contributed by atoms with Crippen molar-refractivity contribution in [3.05, 3.63) is 62.7 Å². The van der Waals surface area contributed by atoms with Crippen molar-refractivity contribution in [3.8, 4) is 17.2 Å². The number of hydrogen-bond acceptors (Lipinski definition) is 8. The van der Waals surface area contributed by atoms with Gasteiger partial charge in [-0.15, -0.1) is 0 Å². The number of methoxy groups -OCH3 is 2. The molecule has 2 amide bonds. The van der Waals surface area contributed by atoms with Crippen LogP contribution in [0.5, 0.6) is 17.2 Å². The summed E-state index contributed by atoms with van der Waals surface area (Å²) >= 11 is 2.03. The van der Waals surface area contributed by atoms with Gasteiger partial charge in [0, 0.05) is 36.6 Å². The highest BCUT2D eigenvalue weighted by molar-refractivity contribution is 14.1. The van der Waals surface area contributed by atoms with E-state index in [4.69, 9.17) is 14.2 Å². The monoisotopic (exact) mass is 706 g/mol. The molecule has 1 fully saturated rings. The average Bonchev–Trinajstić information content (AvgIpc) is 3.57. The van der Waals surface area contributed by atoms with Crippen LogP contribution in [0.3, 0.4) is 0 Å². The van der Waals surface area contributed by atoms with Crippen molar-refractivity contribution in [2.75, 3.05) is 33.9 Å². The Morgan fingerprint density at radius 2 is 1.84 bits per heavy atom. The molecule has 2 aliphatic carbocycles. The molecule has 0 bridgehead atoms. The minimum absolute atomic E-state index is 0.0466. The molecule has 43 heavy (non-hydrogen) atoms. The molecule has 2 aromatic rings. The fourth-order valence-electron chi connectivity index (χ4n) is 5.83. The van der Waals surface area contributed by atoms with Gasteiger partial charge in [0.2, 0.25) is 11.8 Å². The first kappa shape index (κ1) is 32.7. The van der Waals surface area contributed by atoms with E-state index in [9.17, 15) is 24.6 Å². The summed E-state index contributed by atoms with van der Waals surface area (Å²) in [6.07, 6.45) is 4.20. The molecule has 10 nitrogen and oxygen atoms in total. The topological polar surface area (TPSA) is 135 Å². The number of para-hydroxylation sites is 1. The van der Waals surface area contributed by atoms with Gasteiger partial charge >= 0.3 is 0 Å². The molecular formula is C32H39IN2O8. The summed E-state index contributed by atoms with van der Waals surface area (Å²) in [5.74, 6) is 0.722. The molecule has 3 unspecified atom stereocenters.